The summed E-state index contributed by atoms with van der Waals surface area (Å²) in [5, 5.41) is 0. The summed E-state index contributed by atoms with van der Waals surface area (Å²) in [6.07, 6.45) is 1.47. The van der Waals surface area contributed by atoms with Gasteiger partial charge in [0.25, 0.3) is 0 Å². The molecule has 0 saturated heterocycles. The van der Waals surface area contributed by atoms with Gasteiger partial charge in [-0.25, -0.2) is 4.39 Å². The van der Waals surface area contributed by atoms with Crippen molar-refractivity contribution in [3.05, 3.63) is 34.1 Å². The zero-order valence-electron chi connectivity index (χ0n) is 7.26. The third kappa shape index (κ3) is 2.92. The van der Waals surface area contributed by atoms with Gasteiger partial charge in [-0.05, 0) is 40.0 Å². The second-order valence-corrected chi connectivity index (χ2v) is 3.92. The van der Waals surface area contributed by atoms with Gasteiger partial charge in [0.15, 0.2) is 0 Å². The SMILES string of the molecule is CC(C=O)Cc1ccc(Br)c(F)c1. The fourth-order valence-electron chi connectivity index (χ4n) is 1.09. The molecule has 0 heterocycles. The minimum atomic E-state index is -0.282. The third-order valence-electron chi connectivity index (χ3n) is 1.77. The number of carbonyl (C=O) groups excluding carboxylic acids is 1. The molecule has 0 aliphatic heterocycles. The van der Waals surface area contributed by atoms with Crippen molar-refractivity contribution in [1.29, 1.82) is 0 Å². The first kappa shape index (κ1) is 10.4. The van der Waals surface area contributed by atoms with Gasteiger partial charge < -0.3 is 4.79 Å². The second-order valence-electron chi connectivity index (χ2n) is 3.07. The average molecular weight is 245 g/mol. The van der Waals surface area contributed by atoms with Crippen LogP contribution in [-0.2, 0) is 11.2 Å². The Bertz CT molecular complexity index is 312. The average Bonchev–Trinajstić information content (AvgIpc) is 2.11. The van der Waals surface area contributed by atoms with Crippen molar-refractivity contribution in [3.63, 3.8) is 0 Å². The Morgan fingerprint density at radius 2 is 2.31 bits per heavy atom. The van der Waals surface area contributed by atoms with Crippen molar-refractivity contribution < 1.29 is 9.18 Å². The number of hydrogen-bond donors (Lipinski definition) is 0. The predicted octanol–water partition coefficient (Wildman–Crippen LogP) is 2.97. The molecule has 0 bridgehead atoms. The van der Waals surface area contributed by atoms with Gasteiger partial charge in [-0.2, -0.15) is 0 Å². The molecule has 0 radical (unpaired) electrons. The topological polar surface area (TPSA) is 17.1 Å². The van der Waals surface area contributed by atoms with E-state index in [-0.39, 0.29) is 11.7 Å². The molecule has 1 nitrogen and oxygen atoms in total. The third-order valence-corrected chi connectivity index (χ3v) is 2.42. The van der Waals surface area contributed by atoms with Crippen LogP contribution in [0.5, 0.6) is 0 Å². The highest BCUT2D eigenvalue weighted by atomic mass is 79.9. The van der Waals surface area contributed by atoms with Gasteiger partial charge in [0.05, 0.1) is 4.47 Å². The van der Waals surface area contributed by atoms with Crippen LogP contribution in [0.3, 0.4) is 0 Å². The van der Waals surface area contributed by atoms with Gasteiger partial charge in [0.2, 0.25) is 0 Å². The number of benzene rings is 1. The molecule has 3 heteroatoms. The monoisotopic (exact) mass is 244 g/mol. The van der Waals surface area contributed by atoms with Crippen molar-refractivity contribution in [2.45, 2.75) is 13.3 Å². The van der Waals surface area contributed by atoms with Crippen molar-refractivity contribution in [1.82, 2.24) is 0 Å². The highest BCUT2D eigenvalue weighted by Crippen LogP contribution is 2.17. The zero-order valence-corrected chi connectivity index (χ0v) is 8.84. The fraction of sp³-hybridized carbons (Fsp3) is 0.300. The number of halogens is 2. The van der Waals surface area contributed by atoms with Crippen LogP contribution in [-0.4, -0.2) is 6.29 Å². The summed E-state index contributed by atoms with van der Waals surface area (Å²) in [4.78, 5) is 10.4. The summed E-state index contributed by atoms with van der Waals surface area (Å²) in [6, 6.07) is 4.92. The summed E-state index contributed by atoms with van der Waals surface area (Å²) in [6.45, 7) is 1.81. The Balaban J connectivity index is 2.79. The summed E-state index contributed by atoms with van der Waals surface area (Å²) in [5.74, 6) is -0.337. The lowest BCUT2D eigenvalue weighted by molar-refractivity contribution is -0.110. The quantitative estimate of drug-likeness (QED) is 0.748. The van der Waals surface area contributed by atoms with Gasteiger partial charge in [-0.3, -0.25) is 0 Å². The van der Waals surface area contributed by atoms with Crippen molar-refractivity contribution in [2.75, 3.05) is 0 Å². The lowest BCUT2D eigenvalue weighted by atomic mass is 10.0. The number of carbonyl (C=O) groups is 1. The van der Waals surface area contributed by atoms with Crippen LogP contribution in [0.1, 0.15) is 12.5 Å². The molecule has 0 aliphatic rings. The van der Waals surface area contributed by atoms with Crippen LogP contribution >= 0.6 is 15.9 Å². The van der Waals surface area contributed by atoms with Crippen LogP contribution in [0.4, 0.5) is 4.39 Å². The fourth-order valence-corrected chi connectivity index (χ4v) is 1.33. The first-order valence-electron chi connectivity index (χ1n) is 4.02. The molecular weight excluding hydrogens is 235 g/mol. The molecule has 0 saturated carbocycles. The van der Waals surface area contributed by atoms with E-state index in [1.807, 2.05) is 13.0 Å². The molecule has 1 atom stereocenters. The maximum absolute atomic E-state index is 13.0. The highest BCUT2D eigenvalue weighted by molar-refractivity contribution is 9.10. The minimum Gasteiger partial charge on any atom is -0.303 e. The number of hydrogen-bond acceptors (Lipinski definition) is 1. The summed E-state index contributed by atoms with van der Waals surface area (Å²) < 4.78 is 13.5. The van der Waals surface area contributed by atoms with E-state index >= 15 is 0 Å². The highest BCUT2D eigenvalue weighted by Gasteiger charge is 2.04. The molecule has 0 amide bonds. The van der Waals surface area contributed by atoms with Gasteiger partial charge in [0.1, 0.15) is 12.1 Å². The standard InChI is InChI=1S/C10H10BrFO/c1-7(6-13)4-8-2-3-9(11)10(12)5-8/h2-3,5-7H,4H2,1H3. The van der Waals surface area contributed by atoms with Crippen LogP contribution in [0.25, 0.3) is 0 Å². The van der Waals surface area contributed by atoms with Crippen molar-refractivity contribution >= 4 is 22.2 Å². The van der Waals surface area contributed by atoms with Crippen LogP contribution in [0.2, 0.25) is 0 Å². The van der Waals surface area contributed by atoms with Gasteiger partial charge in [0, 0.05) is 5.92 Å². The van der Waals surface area contributed by atoms with Gasteiger partial charge >= 0.3 is 0 Å². The molecule has 0 spiro atoms. The maximum Gasteiger partial charge on any atom is 0.137 e. The van der Waals surface area contributed by atoms with E-state index in [9.17, 15) is 9.18 Å². The van der Waals surface area contributed by atoms with Crippen molar-refractivity contribution in [2.24, 2.45) is 5.92 Å². The molecule has 13 heavy (non-hydrogen) atoms. The van der Waals surface area contributed by atoms with Crippen LogP contribution in [0.15, 0.2) is 22.7 Å². The molecule has 1 aromatic carbocycles. The smallest absolute Gasteiger partial charge is 0.137 e. The molecule has 0 aromatic heterocycles. The van der Waals surface area contributed by atoms with Gasteiger partial charge in [-0.1, -0.05) is 13.0 Å². The Hall–Kier alpha value is -0.700. The van der Waals surface area contributed by atoms with E-state index in [1.54, 1.807) is 6.07 Å². The van der Waals surface area contributed by atoms with E-state index in [2.05, 4.69) is 15.9 Å². The molecule has 0 N–H and O–H groups in total. The first-order chi connectivity index (χ1) is 6.13. The first-order valence-corrected chi connectivity index (χ1v) is 4.82. The Labute approximate surface area is 85.1 Å². The van der Waals surface area contributed by atoms with E-state index in [0.717, 1.165) is 11.8 Å². The second kappa shape index (κ2) is 4.51. The number of rotatable bonds is 3. The molecule has 0 aliphatic carbocycles. The normalized spacial score (nSPS) is 12.5. The van der Waals surface area contributed by atoms with Crippen LogP contribution in [0, 0.1) is 11.7 Å². The molecule has 1 unspecified atom stereocenters. The molecular formula is C10H10BrFO. The predicted molar refractivity (Wildman–Crippen MR) is 53.0 cm³/mol. The summed E-state index contributed by atoms with van der Waals surface area (Å²) in [5.41, 5.74) is 0.848. The van der Waals surface area contributed by atoms with Gasteiger partial charge in [-0.15, -0.1) is 0 Å². The van der Waals surface area contributed by atoms with E-state index in [1.165, 1.54) is 6.07 Å². The van der Waals surface area contributed by atoms with E-state index in [4.69, 9.17) is 0 Å². The molecule has 0 fully saturated rings. The molecule has 70 valence electrons. The largest absolute Gasteiger partial charge is 0.303 e. The lowest BCUT2D eigenvalue weighted by Crippen LogP contribution is -2.00. The Kier molecular flexibility index (Phi) is 3.60. The Morgan fingerprint density at radius 3 is 2.85 bits per heavy atom. The van der Waals surface area contributed by atoms with E-state index < -0.39 is 0 Å². The zero-order chi connectivity index (χ0) is 9.84. The minimum absolute atomic E-state index is 0.0550. The summed E-state index contributed by atoms with van der Waals surface area (Å²) in [7, 11) is 0. The van der Waals surface area contributed by atoms with E-state index in [0.29, 0.717) is 10.9 Å². The maximum atomic E-state index is 13.0. The van der Waals surface area contributed by atoms with Crippen molar-refractivity contribution in [3.8, 4) is 0 Å². The number of aldehydes is 1. The Morgan fingerprint density at radius 1 is 1.62 bits per heavy atom. The van der Waals surface area contributed by atoms with Crippen LogP contribution < -0.4 is 0 Å². The summed E-state index contributed by atoms with van der Waals surface area (Å²) >= 11 is 3.07. The molecule has 1 aromatic rings. The molecule has 1 rings (SSSR count). The lowest BCUT2D eigenvalue weighted by Gasteiger charge is -2.04.